The number of hydrogen-bond donors (Lipinski definition) is 1. The average molecular weight is 254 g/mol. The Balaban J connectivity index is 1.74. The summed E-state index contributed by atoms with van der Waals surface area (Å²) in [5, 5.41) is 7.57. The molecule has 1 aromatic heterocycles. The molecule has 1 fully saturated rings. The molecule has 2 heterocycles. The molecule has 0 aromatic carbocycles. The quantitative estimate of drug-likeness (QED) is 0.798. The van der Waals surface area contributed by atoms with Crippen molar-refractivity contribution in [2.45, 2.75) is 33.0 Å². The van der Waals surface area contributed by atoms with Crippen molar-refractivity contribution in [3.05, 3.63) is 12.2 Å². The fraction of sp³-hybridized carbons (Fsp3) is 0.833. The molecule has 0 saturated carbocycles. The van der Waals surface area contributed by atoms with Gasteiger partial charge in [0.05, 0.1) is 32.5 Å². The third kappa shape index (κ3) is 4.04. The summed E-state index contributed by atoms with van der Waals surface area (Å²) in [4.78, 5) is 4.27. The van der Waals surface area contributed by atoms with Gasteiger partial charge in [-0.2, -0.15) is 5.10 Å². The molecule has 2 rings (SSSR count). The highest BCUT2D eigenvalue weighted by molar-refractivity contribution is 4.84. The molecule has 1 aromatic rings. The van der Waals surface area contributed by atoms with Crippen molar-refractivity contribution in [3.63, 3.8) is 0 Å². The van der Waals surface area contributed by atoms with Crippen molar-refractivity contribution in [3.8, 4) is 0 Å². The van der Waals surface area contributed by atoms with Crippen LogP contribution in [0.15, 0.2) is 6.33 Å². The van der Waals surface area contributed by atoms with Crippen LogP contribution >= 0.6 is 0 Å². The van der Waals surface area contributed by atoms with Gasteiger partial charge >= 0.3 is 0 Å². The Morgan fingerprint density at radius 1 is 1.50 bits per heavy atom. The van der Waals surface area contributed by atoms with E-state index in [0.29, 0.717) is 32.3 Å². The van der Waals surface area contributed by atoms with Crippen molar-refractivity contribution in [1.82, 2.24) is 20.1 Å². The molecule has 6 nitrogen and oxygen atoms in total. The monoisotopic (exact) mass is 254 g/mol. The third-order valence-electron chi connectivity index (χ3n) is 2.77. The second-order valence-corrected chi connectivity index (χ2v) is 4.95. The lowest BCUT2D eigenvalue weighted by atomic mass is 10.2. The van der Waals surface area contributed by atoms with Crippen LogP contribution in [0.1, 0.15) is 19.7 Å². The standard InChI is InChI=1S/C12H22N4O2/c1-10(2)7-16-12(14-9-15-16)6-13-5-11-8-17-3-4-18-11/h9-11,13H,3-8H2,1-2H3. The smallest absolute Gasteiger partial charge is 0.140 e. The first-order valence-electron chi connectivity index (χ1n) is 6.52. The van der Waals surface area contributed by atoms with Gasteiger partial charge in [-0.1, -0.05) is 13.8 Å². The zero-order valence-electron chi connectivity index (χ0n) is 11.1. The van der Waals surface area contributed by atoms with Gasteiger partial charge in [-0.15, -0.1) is 0 Å². The predicted octanol–water partition coefficient (Wildman–Crippen LogP) is 0.439. The molecule has 1 aliphatic heterocycles. The molecule has 6 heteroatoms. The molecule has 1 atom stereocenters. The summed E-state index contributed by atoms with van der Waals surface area (Å²) in [5.74, 6) is 1.54. The van der Waals surface area contributed by atoms with Crippen molar-refractivity contribution in [2.75, 3.05) is 26.4 Å². The first-order valence-corrected chi connectivity index (χ1v) is 6.52. The summed E-state index contributed by atoms with van der Waals surface area (Å²) >= 11 is 0. The van der Waals surface area contributed by atoms with Crippen molar-refractivity contribution in [1.29, 1.82) is 0 Å². The van der Waals surface area contributed by atoms with Crippen LogP contribution in [0.4, 0.5) is 0 Å². The minimum Gasteiger partial charge on any atom is -0.376 e. The van der Waals surface area contributed by atoms with Crippen LogP contribution in [0.5, 0.6) is 0 Å². The molecule has 0 spiro atoms. The molecular formula is C12H22N4O2. The summed E-state index contributed by atoms with van der Waals surface area (Å²) in [7, 11) is 0. The van der Waals surface area contributed by atoms with Crippen LogP contribution in [0, 0.1) is 5.92 Å². The Bertz CT molecular complexity index is 348. The van der Waals surface area contributed by atoms with E-state index in [2.05, 4.69) is 29.2 Å². The summed E-state index contributed by atoms with van der Waals surface area (Å²) in [5.41, 5.74) is 0. The minimum atomic E-state index is 0.153. The van der Waals surface area contributed by atoms with E-state index in [9.17, 15) is 0 Å². The van der Waals surface area contributed by atoms with Gasteiger partial charge in [0.2, 0.25) is 0 Å². The van der Waals surface area contributed by atoms with E-state index in [1.54, 1.807) is 6.33 Å². The van der Waals surface area contributed by atoms with E-state index in [0.717, 1.165) is 18.9 Å². The molecule has 0 radical (unpaired) electrons. The topological polar surface area (TPSA) is 61.2 Å². The van der Waals surface area contributed by atoms with Gasteiger partial charge in [0.15, 0.2) is 0 Å². The highest BCUT2D eigenvalue weighted by atomic mass is 16.6. The molecule has 1 saturated heterocycles. The number of nitrogens with zero attached hydrogens (tertiary/aromatic N) is 3. The Hall–Kier alpha value is -0.980. The van der Waals surface area contributed by atoms with Crippen LogP contribution in [0.25, 0.3) is 0 Å². The van der Waals surface area contributed by atoms with Gasteiger partial charge in [-0.3, -0.25) is 0 Å². The van der Waals surface area contributed by atoms with E-state index < -0.39 is 0 Å². The summed E-state index contributed by atoms with van der Waals surface area (Å²) < 4.78 is 12.9. The fourth-order valence-electron chi connectivity index (χ4n) is 1.92. The minimum absolute atomic E-state index is 0.153. The Morgan fingerprint density at radius 3 is 3.11 bits per heavy atom. The Labute approximate surface area is 108 Å². The SMILES string of the molecule is CC(C)Cn1ncnc1CNCC1COCCO1. The molecule has 1 N–H and O–H groups in total. The maximum Gasteiger partial charge on any atom is 0.140 e. The lowest BCUT2D eigenvalue weighted by Gasteiger charge is -2.23. The molecule has 0 bridgehead atoms. The largest absolute Gasteiger partial charge is 0.376 e. The van der Waals surface area contributed by atoms with Crippen LogP contribution in [0.3, 0.4) is 0 Å². The van der Waals surface area contributed by atoms with Crippen LogP contribution in [-0.2, 0) is 22.6 Å². The van der Waals surface area contributed by atoms with E-state index >= 15 is 0 Å². The highest BCUT2D eigenvalue weighted by Gasteiger charge is 2.14. The zero-order chi connectivity index (χ0) is 12.8. The van der Waals surface area contributed by atoms with Gasteiger partial charge in [-0.25, -0.2) is 9.67 Å². The van der Waals surface area contributed by atoms with E-state index in [1.165, 1.54) is 0 Å². The number of ether oxygens (including phenoxy) is 2. The molecule has 1 unspecified atom stereocenters. The normalized spacial score (nSPS) is 20.5. The van der Waals surface area contributed by atoms with Crippen LogP contribution in [0.2, 0.25) is 0 Å². The number of aromatic nitrogens is 3. The Morgan fingerprint density at radius 2 is 2.39 bits per heavy atom. The van der Waals surface area contributed by atoms with Crippen molar-refractivity contribution < 1.29 is 9.47 Å². The van der Waals surface area contributed by atoms with Gasteiger partial charge in [0, 0.05) is 13.1 Å². The average Bonchev–Trinajstić information content (AvgIpc) is 2.77. The number of nitrogens with one attached hydrogen (secondary N) is 1. The molecular weight excluding hydrogens is 232 g/mol. The van der Waals surface area contributed by atoms with E-state index in [4.69, 9.17) is 9.47 Å². The summed E-state index contributed by atoms with van der Waals surface area (Å²) in [6.45, 7) is 8.82. The van der Waals surface area contributed by atoms with Gasteiger partial charge < -0.3 is 14.8 Å². The molecule has 1 aliphatic rings. The molecule has 0 aliphatic carbocycles. The zero-order valence-corrected chi connectivity index (χ0v) is 11.1. The lowest BCUT2D eigenvalue weighted by molar-refractivity contribution is -0.0865. The van der Waals surface area contributed by atoms with Crippen molar-refractivity contribution >= 4 is 0 Å². The maximum atomic E-state index is 5.56. The summed E-state index contributed by atoms with van der Waals surface area (Å²) in [6.07, 6.45) is 1.76. The fourth-order valence-corrected chi connectivity index (χ4v) is 1.92. The lowest BCUT2D eigenvalue weighted by Crippen LogP contribution is -2.37. The van der Waals surface area contributed by atoms with Crippen LogP contribution in [-0.4, -0.2) is 47.2 Å². The van der Waals surface area contributed by atoms with Crippen LogP contribution < -0.4 is 5.32 Å². The van der Waals surface area contributed by atoms with E-state index in [1.807, 2.05) is 4.68 Å². The second kappa shape index (κ2) is 6.82. The highest BCUT2D eigenvalue weighted by Crippen LogP contribution is 2.02. The number of hydrogen-bond acceptors (Lipinski definition) is 5. The maximum absolute atomic E-state index is 5.56. The first-order chi connectivity index (χ1) is 8.75. The third-order valence-corrected chi connectivity index (χ3v) is 2.77. The van der Waals surface area contributed by atoms with Crippen molar-refractivity contribution in [2.24, 2.45) is 5.92 Å². The first kappa shape index (κ1) is 13.5. The summed E-state index contributed by atoms with van der Waals surface area (Å²) in [6, 6.07) is 0. The van der Waals surface area contributed by atoms with Gasteiger partial charge in [-0.05, 0) is 5.92 Å². The van der Waals surface area contributed by atoms with Gasteiger partial charge in [0.1, 0.15) is 12.2 Å². The van der Waals surface area contributed by atoms with E-state index in [-0.39, 0.29) is 6.10 Å². The molecule has 18 heavy (non-hydrogen) atoms. The second-order valence-electron chi connectivity index (χ2n) is 4.95. The predicted molar refractivity (Wildman–Crippen MR) is 67.1 cm³/mol. The molecule has 0 amide bonds. The number of rotatable bonds is 6. The Kier molecular flexibility index (Phi) is 5.10. The van der Waals surface area contributed by atoms with Gasteiger partial charge in [0.25, 0.3) is 0 Å². The molecule has 102 valence electrons.